The Balaban J connectivity index is 2.65. The van der Waals surface area contributed by atoms with Crippen molar-refractivity contribution < 1.29 is 19.4 Å². The maximum Gasteiger partial charge on any atom is 0.338 e. The number of benzene rings is 1. The van der Waals surface area contributed by atoms with Gasteiger partial charge in [0, 0.05) is 29.7 Å². The van der Waals surface area contributed by atoms with E-state index in [1.54, 1.807) is 20.8 Å². The lowest BCUT2D eigenvalue weighted by molar-refractivity contribution is -0.140. The van der Waals surface area contributed by atoms with Crippen LogP contribution in [-0.2, 0) is 21.4 Å². The molecule has 2 aromatic rings. The van der Waals surface area contributed by atoms with Crippen LogP contribution >= 0.6 is 0 Å². The number of carboxylic acid groups (broad SMARTS) is 1. The highest BCUT2D eigenvalue weighted by Crippen LogP contribution is 2.26. The second-order valence-electron chi connectivity index (χ2n) is 5.67. The minimum Gasteiger partial charge on any atom is -0.478 e. The fraction of sp³-hybridized carbons (Fsp3) is 0.263. The number of aryl methyl sites for hydroxylation is 1. The van der Waals surface area contributed by atoms with Crippen LogP contribution in [0.4, 0.5) is 0 Å². The number of hydrogen-bond donors (Lipinski definition) is 1. The van der Waals surface area contributed by atoms with Crippen LogP contribution < -0.4 is 0 Å². The van der Waals surface area contributed by atoms with E-state index in [9.17, 15) is 14.7 Å². The average molecular weight is 327 g/mol. The molecule has 126 valence electrons. The molecule has 5 nitrogen and oxygen atoms in total. The molecule has 1 N–H and O–H groups in total. The van der Waals surface area contributed by atoms with Crippen molar-refractivity contribution in [2.75, 3.05) is 6.61 Å². The molecular weight excluding hydrogens is 306 g/mol. The lowest BCUT2D eigenvalue weighted by Gasteiger charge is -2.10. The van der Waals surface area contributed by atoms with Gasteiger partial charge in [-0.1, -0.05) is 23.8 Å². The van der Waals surface area contributed by atoms with Gasteiger partial charge in [0.05, 0.1) is 17.8 Å². The molecule has 24 heavy (non-hydrogen) atoms. The van der Waals surface area contributed by atoms with Gasteiger partial charge in [-0.3, -0.25) is 0 Å². The lowest BCUT2D eigenvalue weighted by atomic mass is 9.99. The molecule has 5 heteroatoms. The molecule has 0 amide bonds. The number of fused-ring (bicyclic) bond motifs is 1. The molecule has 0 atom stereocenters. The molecule has 0 aliphatic heterocycles. The fourth-order valence-corrected chi connectivity index (χ4v) is 2.67. The molecule has 0 saturated carbocycles. The van der Waals surface area contributed by atoms with Crippen molar-refractivity contribution in [2.45, 2.75) is 20.8 Å². The monoisotopic (exact) mass is 327 g/mol. The number of hydrogen-bond acceptors (Lipinski definition) is 3. The van der Waals surface area contributed by atoms with Gasteiger partial charge >= 0.3 is 11.9 Å². The number of rotatable bonds is 5. The van der Waals surface area contributed by atoms with Gasteiger partial charge in [-0.25, -0.2) is 9.59 Å². The number of carbonyl (C=O) groups excluding carboxylic acids is 1. The minimum absolute atomic E-state index is 0.0650. The molecule has 1 aromatic heterocycles. The summed E-state index contributed by atoms with van der Waals surface area (Å²) in [6, 6.07) is 7.70. The Hall–Kier alpha value is -2.82. The van der Waals surface area contributed by atoms with Crippen molar-refractivity contribution in [3.63, 3.8) is 0 Å². The highest BCUT2D eigenvalue weighted by Gasteiger charge is 2.23. The van der Waals surface area contributed by atoms with Gasteiger partial charge in [-0.05, 0) is 32.9 Å². The first-order chi connectivity index (χ1) is 11.4. The summed E-state index contributed by atoms with van der Waals surface area (Å²) in [6.07, 6.45) is 3.38. The van der Waals surface area contributed by atoms with Gasteiger partial charge in [-0.15, -0.1) is 0 Å². The first kappa shape index (κ1) is 17.5. The Morgan fingerprint density at radius 1 is 1.25 bits per heavy atom. The normalized spacial score (nSPS) is 11.4. The second kappa shape index (κ2) is 7.17. The molecule has 0 aliphatic rings. The zero-order valence-electron chi connectivity index (χ0n) is 14.3. The van der Waals surface area contributed by atoms with E-state index in [2.05, 4.69) is 0 Å². The summed E-state index contributed by atoms with van der Waals surface area (Å²) < 4.78 is 6.94. The molecule has 0 radical (unpaired) electrons. The van der Waals surface area contributed by atoms with Crippen LogP contribution in [0.3, 0.4) is 0 Å². The molecule has 0 unspecified atom stereocenters. The number of aliphatic carboxylic acids is 1. The van der Waals surface area contributed by atoms with E-state index in [1.165, 1.54) is 6.08 Å². The predicted octanol–water partition coefficient (Wildman–Crippen LogP) is 3.55. The van der Waals surface area contributed by atoms with Gasteiger partial charge < -0.3 is 14.4 Å². The van der Waals surface area contributed by atoms with Gasteiger partial charge in [0.2, 0.25) is 0 Å². The molecule has 1 heterocycles. The molecule has 2 rings (SSSR count). The van der Waals surface area contributed by atoms with Gasteiger partial charge in [-0.2, -0.15) is 0 Å². The molecular formula is C19H21NO4. The van der Waals surface area contributed by atoms with E-state index >= 15 is 0 Å². The number of para-hydroxylation sites is 1. The third-order valence-corrected chi connectivity index (χ3v) is 3.71. The Morgan fingerprint density at radius 2 is 1.92 bits per heavy atom. The summed E-state index contributed by atoms with van der Waals surface area (Å²) in [5, 5.41) is 10.6. The van der Waals surface area contributed by atoms with E-state index in [1.807, 2.05) is 42.1 Å². The first-order valence-electron chi connectivity index (χ1n) is 7.70. The van der Waals surface area contributed by atoms with Gasteiger partial charge in [0.15, 0.2) is 0 Å². The van der Waals surface area contributed by atoms with Crippen molar-refractivity contribution in [1.29, 1.82) is 0 Å². The Morgan fingerprint density at radius 3 is 2.50 bits per heavy atom. The standard InChI is InChI=1S/C19H21NO4/c1-5-24-19(23)17(12(2)3)15(18(21)22)10-13-11-20(4)16-9-7-6-8-14(13)16/h6-11H,5H2,1-4H3,(H,21,22). The predicted molar refractivity (Wildman–Crippen MR) is 93.5 cm³/mol. The zero-order valence-corrected chi connectivity index (χ0v) is 14.3. The summed E-state index contributed by atoms with van der Waals surface area (Å²) in [5.74, 6) is -1.78. The van der Waals surface area contributed by atoms with Crippen molar-refractivity contribution in [3.05, 3.63) is 52.7 Å². The average Bonchev–Trinajstić information content (AvgIpc) is 2.83. The van der Waals surface area contributed by atoms with Crippen molar-refractivity contribution in [3.8, 4) is 0 Å². The number of carboxylic acids is 1. The maximum atomic E-state index is 12.2. The molecule has 1 aromatic carbocycles. The third kappa shape index (κ3) is 3.40. The second-order valence-corrected chi connectivity index (χ2v) is 5.67. The van der Waals surface area contributed by atoms with Crippen LogP contribution in [0.15, 0.2) is 47.2 Å². The van der Waals surface area contributed by atoms with Crippen LogP contribution in [0, 0.1) is 0 Å². The van der Waals surface area contributed by atoms with E-state index < -0.39 is 11.9 Å². The number of carbonyl (C=O) groups is 2. The Bertz CT molecular complexity index is 851. The SMILES string of the molecule is CCOC(=O)C(C(=Cc1cn(C)c2ccccc12)C(=O)O)=C(C)C. The molecule has 0 fully saturated rings. The number of allylic oxidation sites excluding steroid dienone is 1. The van der Waals surface area contributed by atoms with E-state index in [0.717, 1.165) is 16.5 Å². The highest BCUT2D eigenvalue weighted by atomic mass is 16.5. The molecule has 0 aliphatic carbocycles. The van der Waals surface area contributed by atoms with Crippen molar-refractivity contribution >= 4 is 28.9 Å². The van der Waals surface area contributed by atoms with Crippen molar-refractivity contribution in [1.82, 2.24) is 4.57 Å². The van der Waals surface area contributed by atoms with E-state index in [4.69, 9.17) is 4.74 Å². The lowest BCUT2D eigenvalue weighted by Crippen LogP contribution is -2.16. The molecule has 0 saturated heterocycles. The number of esters is 1. The van der Waals surface area contributed by atoms with Gasteiger partial charge in [0.1, 0.15) is 0 Å². The minimum atomic E-state index is -1.16. The van der Waals surface area contributed by atoms with Gasteiger partial charge in [0.25, 0.3) is 0 Å². The summed E-state index contributed by atoms with van der Waals surface area (Å²) in [5.41, 5.74) is 2.36. The summed E-state index contributed by atoms with van der Waals surface area (Å²) in [4.78, 5) is 24.0. The third-order valence-electron chi connectivity index (χ3n) is 3.71. The van der Waals surface area contributed by atoms with Crippen LogP contribution in [0.2, 0.25) is 0 Å². The number of ether oxygens (including phenoxy) is 1. The van der Waals surface area contributed by atoms with Crippen LogP contribution in [0.25, 0.3) is 17.0 Å². The smallest absolute Gasteiger partial charge is 0.338 e. The number of nitrogens with zero attached hydrogens (tertiary/aromatic N) is 1. The first-order valence-corrected chi connectivity index (χ1v) is 7.70. The highest BCUT2D eigenvalue weighted by molar-refractivity contribution is 6.10. The topological polar surface area (TPSA) is 68.5 Å². The Labute approximate surface area is 140 Å². The molecule has 0 spiro atoms. The van der Waals surface area contributed by atoms with Crippen molar-refractivity contribution in [2.24, 2.45) is 7.05 Å². The van der Waals surface area contributed by atoms with E-state index in [0.29, 0.717) is 5.57 Å². The maximum absolute atomic E-state index is 12.2. The van der Waals surface area contributed by atoms with Crippen LogP contribution in [-0.4, -0.2) is 28.2 Å². The summed E-state index contributed by atoms with van der Waals surface area (Å²) in [7, 11) is 1.90. The Kier molecular flexibility index (Phi) is 5.24. The van der Waals surface area contributed by atoms with Crippen LogP contribution in [0.5, 0.6) is 0 Å². The largest absolute Gasteiger partial charge is 0.478 e. The van der Waals surface area contributed by atoms with E-state index in [-0.39, 0.29) is 17.8 Å². The van der Waals surface area contributed by atoms with Crippen LogP contribution in [0.1, 0.15) is 26.3 Å². The molecule has 0 bridgehead atoms. The summed E-state index contributed by atoms with van der Waals surface area (Å²) in [6.45, 7) is 5.28. The summed E-state index contributed by atoms with van der Waals surface area (Å²) >= 11 is 0. The fourth-order valence-electron chi connectivity index (χ4n) is 2.67. The number of aromatic nitrogens is 1. The quantitative estimate of drug-likeness (QED) is 0.518. The zero-order chi connectivity index (χ0) is 17.9.